The van der Waals surface area contributed by atoms with E-state index in [2.05, 4.69) is 24.1 Å². The van der Waals surface area contributed by atoms with Gasteiger partial charge in [-0.25, -0.2) is 0 Å². The summed E-state index contributed by atoms with van der Waals surface area (Å²) in [4.78, 5) is 2.74. The van der Waals surface area contributed by atoms with Gasteiger partial charge in [0.05, 0.1) is 0 Å². The zero-order chi connectivity index (χ0) is 12.1. The second-order valence-corrected chi connectivity index (χ2v) is 6.37. The molecular formula is C15H30N2. The summed E-state index contributed by atoms with van der Waals surface area (Å²) in [5.74, 6) is 0.855. The van der Waals surface area contributed by atoms with Gasteiger partial charge in [-0.2, -0.15) is 0 Å². The summed E-state index contributed by atoms with van der Waals surface area (Å²) in [6.07, 6.45) is 9.78. The molecule has 1 atom stereocenters. The van der Waals surface area contributed by atoms with Crippen LogP contribution in [-0.4, -0.2) is 36.6 Å². The smallest absolute Gasteiger partial charge is 0.0308 e. The van der Waals surface area contributed by atoms with Crippen molar-refractivity contribution < 1.29 is 0 Å². The van der Waals surface area contributed by atoms with Crippen LogP contribution in [0.1, 0.15) is 58.8 Å². The maximum atomic E-state index is 3.88. The Balaban J connectivity index is 1.93. The van der Waals surface area contributed by atoms with Crippen LogP contribution < -0.4 is 5.32 Å². The lowest BCUT2D eigenvalue weighted by Gasteiger charge is -2.40. The molecule has 2 fully saturated rings. The standard InChI is InChI=1S/C15H30N2/c1-3-14(2)12-17-11-7-10-16-15(13-17)8-5-4-6-9-15/h14,16H,3-13H2,1-2H3. The average Bonchev–Trinajstić information content (AvgIpc) is 2.53. The molecule has 0 aromatic heterocycles. The Morgan fingerprint density at radius 2 is 1.94 bits per heavy atom. The number of hydrogen-bond donors (Lipinski definition) is 1. The van der Waals surface area contributed by atoms with Gasteiger partial charge in [-0.1, -0.05) is 39.5 Å². The molecule has 1 saturated heterocycles. The average molecular weight is 238 g/mol. The van der Waals surface area contributed by atoms with E-state index in [0.717, 1.165) is 5.92 Å². The normalized spacial score (nSPS) is 27.9. The van der Waals surface area contributed by atoms with Crippen molar-refractivity contribution in [3.8, 4) is 0 Å². The topological polar surface area (TPSA) is 15.3 Å². The van der Waals surface area contributed by atoms with Crippen molar-refractivity contribution in [1.82, 2.24) is 10.2 Å². The minimum atomic E-state index is 0.474. The van der Waals surface area contributed by atoms with Gasteiger partial charge in [-0.3, -0.25) is 0 Å². The summed E-state index contributed by atoms with van der Waals surface area (Å²) >= 11 is 0. The number of nitrogens with zero attached hydrogens (tertiary/aromatic N) is 1. The molecule has 17 heavy (non-hydrogen) atoms. The minimum absolute atomic E-state index is 0.474. The highest BCUT2D eigenvalue weighted by molar-refractivity contribution is 4.95. The predicted octanol–water partition coefficient (Wildman–Crippen LogP) is 3.03. The van der Waals surface area contributed by atoms with Crippen molar-refractivity contribution in [2.45, 2.75) is 64.3 Å². The molecule has 1 saturated carbocycles. The van der Waals surface area contributed by atoms with Gasteiger partial charge in [-0.05, 0) is 38.3 Å². The van der Waals surface area contributed by atoms with E-state index >= 15 is 0 Å². The Morgan fingerprint density at radius 3 is 2.65 bits per heavy atom. The molecule has 100 valence electrons. The van der Waals surface area contributed by atoms with Crippen LogP contribution in [0.3, 0.4) is 0 Å². The van der Waals surface area contributed by atoms with E-state index in [1.807, 2.05) is 0 Å². The van der Waals surface area contributed by atoms with Crippen LogP contribution in [0.2, 0.25) is 0 Å². The highest BCUT2D eigenvalue weighted by Gasteiger charge is 2.34. The van der Waals surface area contributed by atoms with E-state index in [-0.39, 0.29) is 0 Å². The second-order valence-electron chi connectivity index (χ2n) is 6.37. The molecule has 0 aromatic rings. The Hall–Kier alpha value is -0.0800. The van der Waals surface area contributed by atoms with E-state index in [0.29, 0.717) is 5.54 Å². The molecule has 2 heteroatoms. The summed E-state index contributed by atoms with van der Waals surface area (Å²) < 4.78 is 0. The molecule has 0 amide bonds. The quantitative estimate of drug-likeness (QED) is 0.813. The zero-order valence-corrected chi connectivity index (χ0v) is 11.8. The van der Waals surface area contributed by atoms with Crippen molar-refractivity contribution in [1.29, 1.82) is 0 Å². The molecule has 0 bridgehead atoms. The third-order valence-corrected chi connectivity index (χ3v) is 4.75. The van der Waals surface area contributed by atoms with E-state index in [4.69, 9.17) is 0 Å². The van der Waals surface area contributed by atoms with Crippen molar-refractivity contribution >= 4 is 0 Å². The maximum absolute atomic E-state index is 3.88. The number of rotatable bonds is 3. The molecular weight excluding hydrogens is 208 g/mol. The van der Waals surface area contributed by atoms with Crippen molar-refractivity contribution in [3.05, 3.63) is 0 Å². The summed E-state index contributed by atoms with van der Waals surface area (Å²) in [6, 6.07) is 0. The predicted molar refractivity (Wildman–Crippen MR) is 74.3 cm³/mol. The summed E-state index contributed by atoms with van der Waals surface area (Å²) in [6.45, 7) is 9.86. The van der Waals surface area contributed by atoms with Crippen molar-refractivity contribution in [2.75, 3.05) is 26.2 Å². The lowest BCUT2D eigenvalue weighted by molar-refractivity contribution is 0.150. The third-order valence-electron chi connectivity index (χ3n) is 4.75. The maximum Gasteiger partial charge on any atom is 0.0308 e. The fourth-order valence-corrected chi connectivity index (χ4v) is 3.51. The Kier molecular flexibility index (Phi) is 4.87. The minimum Gasteiger partial charge on any atom is -0.310 e. The molecule has 1 aliphatic heterocycles. The summed E-state index contributed by atoms with van der Waals surface area (Å²) in [5.41, 5.74) is 0.474. The van der Waals surface area contributed by atoms with Gasteiger partial charge in [0, 0.05) is 18.6 Å². The largest absolute Gasteiger partial charge is 0.310 e. The van der Waals surface area contributed by atoms with E-state index in [1.54, 1.807) is 0 Å². The molecule has 1 N–H and O–H groups in total. The second kappa shape index (κ2) is 6.19. The molecule has 0 aromatic carbocycles. The van der Waals surface area contributed by atoms with Crippen LogP contribution in [0.5, 0.6) is 0 Å². The number of hydrogen-bond acceptors (Lipinski definition) is 2. The first-order chi connectivity index (χ1) is 8.24. The van der Waals surface area contributed by atoms with Crippen LogP contribution in [0.25, 0.3) is 0 Å². The van der Waals surface area contributed by atoms with Crippen LogP contribution >= 0.6 is 0 Å². The van der Waals surface area contributed by atoms with Crippen molar-refractivity contribution in [3.63, 3.8) is 0 Å². The third kappa shape index (κ3) is 3.69. The molecule has 1 aliphatic carbocycles. The monoisotopic (exact) mass is 238 g/mol. The zero-order valence-electron chi connectivity index (χ0n) is 11.8. The lowest BCUT2D eigenvalue weighted by atomic mass is 9.81. The van der Waals surface area contributed by atoms with Gasteiger partial charge in [0.15, 0.2) is 0 Å². The van der Waals surface area contributed by atoms with Crippen molar-refractivity contribution in [2.24, 2.45) is 5.92 Å². The van der Waals surface area contributed by atoms with Gasteiger partial charge in [0.25, 0.3) is 0 Å². The Morgan fingerprint density at radius 1 is 1.18 bits per heavy atom. The fourth-order valence-electron chi connectivity index (χ4n) is 3.51. The molecule has 1 spiro atoms. The molecule has 1 heterocycles. The van der Waals surface area contributed by atoms with E-state index < -0.39 is 0 Å². The molecule has 2 nitrogen and oxygen atoms in total. The van der Waals surface area contributed by atoms with Crippen LogP contribution in [0.15, 0.2) is 0 Å². The first kappa shape index (κ1) is 13.4. The molecule has 0 radical (unpaired) electrons. The van der Waals surface area contributed by atoms with Crippen LogP contribution in [0.4, 0.5) is 0 Å². The van der Waals surface area contributed by atoms with Crippen LogP contribution in [-0.2, 0) is 0 Å². The van der Waals surface area contributed by atoms with Gasteiger partial charge < -0.3 is 10.2 Å². The number of nitrogens with one attached hydrogen (secondary N) is 1. The SMILES string of the molecule is CCC(C)CN1CCCNC2(CCCCC2)C1. The Labute approximate surface area is 107 Å². The van der Waals surface area contributed by atoms with E-state index in [1.165, 1.54) is 71.1 Å². The first-order valence-electron chi connectivity index (χ1n) is 7.71. The highest BCUT2D eigenvalue weighted by Crippen LogP contribution is 2.30. The summed E-state index contributed by atoms with van der Waals surface area (Å²) in [7, 11) is 0. The van der Waals surface area contributed by atoms with Gasteiger partial charge in [-0.15, -0.1) is 0 Å². The Bertz CT molecular complexity index is 221. The van der Waals surface area contributed by atoms with Gasteiger partial charge in [0.1, 0.15) is 0 Å². The first-order valence-corrected chi connectivity index (χ1v) is 7.71. The lowest BCUT2D eigenvalue weighted by Crippen LogP contribution is -2.53. The van der Waals surface area contributed by atoms with E-state index in [9.17, 15) is 0 Å². The fraction of sp³-hybridized carbons (Fsp3) is 1.00. The van der Waals surface area contributed by atoms with Gasteiger partial charge in [0.2, 0.25) is 0 Å². The van der Waals surface area contributed by atoms with Crippen LogP contribution in [0, 0.1) is 5.92 Å². The van der Waals surface area contributed by atoms with Gasteiger partial charge >= 0.3 is 0 Å². The highest BCUT2D eigenvalue weighted by atomic mass is 15.2. The molecule has 1 unspecified atom stereocenters. The molecule has 2 aliphatic rings. The molecule has 2 rings (SSSR count). The summed E-state index contributed by atoms with van der Waals surface area (Å²) in [5, 5.41) is 3.88.